The molecular weight excluding hydrogens is 604 g/mol. The van der Waals surface area contributed by atoms with Crippen LogP contribution in [0.15, 0.2) is 60.9 Å². The van der Waals surface area contributed by atoms with Gasteiger partial charge in [-0.05, 0) is 120 Å². The van der Waals surface area contributed by atoms with Gasteiger partial charge in [0.15, 0.2) is 0 Å². The lowest BCUT2D eigenvalue weighted by atomic mass is 9.94. The van der Waals surface area contributed by atoms with Gasteiger partial charge in [0.05, 0.1) is 13.2 Å². The van der Waals surface area contributed by atoms with E-state index < -0.39 is 0 Å². The maximum atomic E-state index is 13.4. The minimum absolute atomic E-state index is 0.0720. The molecule has 2 saturated carbocycles. The van der Waals surface area contributed by atoms with E-state index in [1.165, 1.54) is 0 Å². The van der Waals surface area contributed by atoms with Crippen molar-refractivity contribution in [2.75, 3.05) is 36.9 Å². The molecule has 2 aromatic carbocycles. The number of aliphatic hydroxyl groups is 2. The monoisotopic (exact) mass is 648 g/mol. The molecule has 0 bridgehead atoms. The van der Waals surface area contributed by atoms with Crippen LogP contribution in [0.5, 0.6) is 0 Å². The molecule has 6 rings (SSSR count). The maximum absolute atomic E-state index is 13.4. The molecule has 48 heavy (non-hydrogen) atoms. The average molecular weight is 649 g/mol. The number of benzene rings is 2. The molecule has 0 radical (unpaired) electrons. The molecule has 250 valence electrons. The molecule has 2 aromatic heterocycles. The van der Waals surface area contributed by atoms with Crippen molar-refractivity contribution >= 4 is 23.2 Å². The number of carbonyl (C=O) groups excluding carboxylic acids is 2. The molecule has 2 fully saturated rings. The highest BCUT2D eigenvalue weighted by molar-refractivity contribution is 6.05. The van der Waals surface area contributed by atoms with E-state index in [1.54, 1.807) is 12.4 Å². The highest BCUT2D eigenvalue weighted by Gasteiger charge is 2.28. The molecule has 2 aliphatic carbocycles. The van der Waals surface area contributed by atoms with Crippen molar-refractivity contribution < 1.29 is 19.8 Å². The number of rotatable bonds is 15. The van der Waals surface area contributed by atoms with Crippen LogP contribution in [-0.2, 0) is 13.1 Å². The molecule has 0 atom stereocenters. The van der Waals surface area contributed by atoms with Gasteiger partial charge in [-0.1, -0.05) is 24.3 Å². The van der Waals surface area contributed by atoms with E-state index in [0.29, 0.717) is 60.8 Å². The maximum Gasteiger partial charge on any atom is 0.274 e. The molecule has 4 aromatic rings. The van der Waals surface area contributed by atoms with Crippen LogP contribution < -0.4 is 21.3 Å². The van der Waals surface area contributed by atoms with Crippen LogP contribution in [0.25, 0.3) is 11.1 Å². The zero-order valence-electron chi connectivity index (χ0n) is 27.6. The van der Waals surface area contributed by atoms with Gasteiger partial charge in [-0.3, -0.25) is 19.6 Å². The second-order valence-electron chi connectivity index (χ2n) is 12.8. The minimum atomic E-state index is -0.266. The van der Waals surface area contributed by atoms with Gasteiger partial charge >= 0.3 is 0 Å². The van der Waals surface area contributed by atoms with Crippen LogP contribution in [0.3, 0.4) is 0 Å². The summed E-state index contributed by atoms with van der Waals surface area (Å²) in [5.74, 6) is 0.360. The fraction of sp³-hybridized carbons (Fsp3) is 0.368. The molecule has 2 amide bonds. The summed E-state index contributed by atoms with van der Waals surface area (Å²) < 4.78 is 0. The number of amides is 2. The number of hydrogen-bond donors (Lipinski definition) is 6. The molecule has 2 heterocycles. The van der Waals surface area contributed by atoms with Gasteiger partial charge in [-0.25, -0.2) is 0 Å². The predicted octanol–water partition coefficient (Wildman–Crippen LogP) is 5.18. The Hall–Kier alpha value is -4.48. The number of carbonyl (C=O) groups is 2. The summed E-state index contributed by atoms with van der Waals surface area (Å²) in [5.41, 5.74) is 10.3. The normalized spacial score (nSPS) is 14.2. The van der Waals surface area contributed by atoms with Crippen molar-refractivity contribution in [2.45, 2.75) is 64.5 Å². The second kappa shape index (κ2) is 15.2. The van der Waals surface area contributed by atoms with Crippen LogP contribution in [0, 0.1) is 13.8 Å². The van der Waals surface area contributed by atoms with Crippen LogP contribution in [0.4, 0.5) is 11.4 Å². The van der Waals surface area contributed by atoms with Gasteiger partial charge in [-0.15, -0.1) is 0 Å². The van der Waals surface area contributed by atoms with Crippen LogP contribution in [-0.4, -0.2) is 58.3 Å². The Morgan fingerprint density at radius 3 is 1.48 bits per heavy atom. The smallest absolute Gasteiger partial charge is 0.274 e. The van der Waals surface area contributed by atoms with Gasteiger partial charge in [0, 0.05) is 49.9 Å². The molecule has 10 heteroatoms. The molecule has 0 saturated heterocycles. The summed E-state index contributed by atoms with van der Waals surface area (Å²) in [6, 6.07) is 15.5. The van der Waals surface area contributed by atoms with E-state index in [0.717, 1.165) is 70.2 Å². The van der Waals surface area contributed by atoms with Crippen molar-refractivity contribution in [1.82, 2.24) is 20.6 Å². The predicted molar refractivity (Wildman–Crippen MR) is 187 cm³/mol. The van der Waals surface area contributed by atoms with E-state index in [9.17, 15) is 9.59 Å². The van der Waals surface area contributed by atoms with Crippen molar-refractivity contribution in [3.05, 3.63) is 106 Å². The number of nitrogens with one attached hydrogen (secondary N) is 4. The number of nitrogens with zero attached hydrogens (tertiary/aromatic N) is 2. The Bertz CT molecular complexity index is 1670. The number of anilines is 2. The first-order valence-electron chi connectivity index (χ1n) is 16.8. The van der Waals surface area contributed by atoms with Crippen LogP contribution in [0.1, 0.15) is 91.9 Å². The first-order chi connectivity index (χ1) is 23.4. The number of aliphatic hydroxyl groups excluding tert-OH is 2. The Morgan fingerprint density at radius 2 is 1.10 bits per heavy atom. The quantitative estimate of drug-likeness (QED) is 0.0966. The average Bonchev–Trinajstić information content (AvgIpc) is 4.02. The third-order valence-electron chi connectivity index (χ3n) is 9.21. The van der Waals surface area contributed by atoms with Crippen molar-refractivity contribution in [3.8, 4) is 11.1 Å². The van der Waals surface area contributed by atoms with Crippen LogP contribution >= 0.6 is 0 Å². The van der Waals surface area contributed by atoms with Gasteiger partial charge in [0.1, 0.15) is 11.4 Å². The second-order valence-corrected chi connectivity index (χ2v) is 12.8. The lowest BCUT2D eigenvalue weighted by molar-refractivity contribution is 0.101. The molecule has 6 N–H and O–H groups in total. The van der Waals surface area contributed by atoms with E-state index in [-0.39, 0.29) is 25.0 Å². The highest BCUT2D eigenvalue weighted by Crippen LogP contribution is 2.43. The van der Waals surface area contributed by atoms with Gasteiger partial charge in [0.2, 0.25) is 0 Å². The van der Waals surface area contributed by atoms with Crippen LogP contribution in [0.2, 0.25) is 0 Å². The SMILES string of the molecule is Cc1c(NC(=O)c2cc(C3CC3)c(CNCCO)cn2)cccc1-c1cccc(NC(=O)c2cc(C3CC3)c(CNCCO)cn2)c1C. The summed E-state index contributed by atoms with van der Waals surface area (Å²) >= 11 is 0. The molecule has 0 aliphatic heterocycles. The lowest BCUT2D eigenvalue weighted by Gasteiger charge is -2.17. The van der Waals surface area contributed by atoms with Crippen molar-refractivity contribution in [1.29, 1.82) is 0 Å². The van der Waals surface area contributed by atoms with Gasteiger partial charge in [-0.2, -0.15) is 0 Å². The van der Waals surface area contributed by atoms with E-state index in [2.05, 4.69) is 31.2 Å². The summed E-state index contributed by atoms with van der Waals surface area (Å²) in [4.78, 5) is 35.8. The lowest BCUT2D eigenvalue weighted by Crippen LogP contribution is -2.20. The number of hydrogen-bond acceptors (Lipinski definition) is 8. The largest absolute Gasteiger partial charge is 0.395 e. The highest BCUT2D eigenvalue weighted by atomic mass is 16.3. The summed E-state index contributed by atoms with van der Waals surface area (Å²) in [6.45, 7) is 6.34. The standard InChI is InChI=1S/C38H44N6O4/c1-23-29(5-3-7-33(23)43-37(47)35-17-31(25-9-10-25)27(21-41-35)19-39-13-15-45)30-6-4-8-34(24(30)2)44-38(48)36-18-32(26-11-12-26)28(22-42-36)20-40-14-16-46/h3-8,17-18,21-22,25-26,39-40,45-46H,9-16,19-20H2,1-2H3,(H,43,47)(H,44,48). The first kappa shape index (κ1) is 33.4. The van der Waals surface area contributed by atoms with Gasteiger partial charge in [0.25, 0.3) is 11.8 Å². The van der Waals surface area contributed by atoms with Crippen molar-refractivity contribution in [3.63, 3.8) is 0 Å². The molecule has 2 aliphatic rings. The topological polar surface area (TPSA) is 148 Å². The Labute approximate surface area is 281 Å². The Kier molecular flexibility index (Phi) is 10.6. The third kappa shape index (κ3) is 7.79. The zero-order valence-corrected chi connectivity index (χ0v) is 27.6. The van der Waals surface area contributed by atoms with E-state index in [1.807, 2.05) is 62.4 Å². The Balaban J connectivity index is 1.19. The Morgan fingerprint density at radius 1 is 0.688 bits per heavy atom. The van der Waals surface area contributed by atoms with E-state index >= 15 is 0 Å². The fourth-order valence-corrected chi connectivity index (χ4v) is 6.19. The van der Waals surface area contributed by atoms with Gasteiger partial charge < -0.3 is 31.5 Å². The zero-order chi connectivity index (χ0) is 33.6. The molecule has 10 nitrogen and oxygen atoms in total. The van der Waals surface area contributed by atoms with Crippen molar-refractivity contribution in [2.24, 2.45) is 0 Å². The molecular formula is C38H44N6O4. The first-order valence-corrected chi connectivity index (χ1v) is 16.8. The summed E-state index contributed by atoms with van der Waals surface area (Å²) in [6.07, 6.45) is 7.95. The summed E-state index contributed by atoms with van der Waals surface area (Å²) in [7, 11) is 0. The fourth-order valence-electron chi connectivity index (χ4n) is 6.19. The molecule has 0 spiro atoms. The number of aromatic nitrogens is 2. The minimum Gasteiger partial charge on any atom is -0.395 e. The third-order valence-corrected chi connectivity index (χ3v) is 9.21. The number of pyridine rings is 2. The summed E-state index contributed by atoms with van der Waals surface area (Å²) in [5, 5.41) is 30.8. The molecule has 0 unspecified atom stereocenters. The van der Waals surface area contributed by atoms with E-state index in [4.69, 9.17) is 10.2 Å².